The molecule has 0 saturated heterocycles. The minimum absolute atomic E-state index is 0.301. The monoisotopic (exact) mass is 577 g/mol. The first-order valence-electron chi connectivity index (χ1n) is 15.4. The van der Waals surface area contributed by atoms with E-state index in [-0.39, 0.29) is 5.41 Å². The number of para-hydroxylation sites is 3. The Morgan fingerprint density at radius 3 is 2.07 bits per heavy atom. The van der Waals surface area contributed by atoms with Gasteiger partial charge in [-0.25, -0.2) is 9.97 Å². The summed E-state index contributed by atoms with van der Waals surface area (Å²) in [5.74, 6) is 0.658. The van der Waals surface area contributed by atoms with Crippen molar-refractivity contribution in [3.8, 4) is 28.5 Å². The summed E-state index contributed by atoms with van der Waals surface area (Å²) in [6, 6.07) is 45.0. The van der Waals surface area contributed by atoms with Crippen LogP contribution in [0, 0.1) is 0 Å². The molecule has 0 spiro atoms. The quantitative estimate of drug-likeness (QED) is 0.205. The second-order valence-corrected chi connectivity index (χ2v) is 12.6. The van der Waals surface area contributed by atoms with Gasteiger partial charge in [-0.1, -0.05) is 111 Å². The Bertz CT molecular complexity index is 2690. The van der Waals surface area contributed by atoms with Crippen LogP contribution in [0.15, 0.2) is 132 Å². The summed E-state index contributed by atoms with van der Waals surface area (Å²) < 4.78 is 8.84. The summed E-state index contributed by atoms with van der Waals surface area (Å²) in [4.78, 5) is 11.0. The Morgan fingerprint density at radius 2 is 1.20 bits per heavy atom. The van der Waals surface area contributed by atoms with Crippen LogP contribution in [-0.4, -0.2) is 14.5 Å². The van der Waals surface area contributed by atoms with Crippen molar-refractivity contribution >= 4 is 54.5 Å². The first-order valence-corrected chi connectivity index (χ1v) is 15.4. The van der Waals surface area contributed by atoms with Crippen molar-refractivity contribution in [3.63, 3.8) is 0 Å². The lowest BCUT2D eigenvalue weighted by Gasteiger charge is -2.24. The summed E-state index contributed by atoms with van der Waals surface area (Å²) in [5.41, 5.74) is 10.0. The molecule has 10 rings (SSSR count). The zero-order valence-electron chi connectivity index (χ0n) is 24.9. The van der Waals surface area contributed by atoms with Crippen LogP contribution in [0.2, 0.25) is 0 Å². The fraction of sp³-hybridized carbons (Fsp3) is 0.0732. The first kappa shape index (κ1) is 24.7. The summed E-state index contributed by atoms with van der Waals surface area (Å²) >= 11 is 0. The number of hydrogen-bond acceptors (Lipinski definition) is 3. The van der Waals surface area contributed by atoms with Crippen LogP contribution in [0.3, 0.4) is 0 Å². The number of aromatic nitrogens is 3. The van der Waals surface area contributed by atoms with E-state index in [0.29, 0.717) is 5.95 Å². The van der Waals surface area contributed by atoms with Crippen LogP contribution < -0.4 is 0 Å². The molecule has 0 unspecified atom stereocenters. The number of furan rings is 1. The van der Waals surface area contributed by atoms with Gasteiger partial charge >= 0.3 is 0 Å². The molecule has 0 fully saturated rings. The Balaban J connectivity index is 1.37. The smallest absolute Gasteiger partial charge is 0.235 e. The largest absolute Gasteiger partial charge is 0.455 e. The summed E-state index contributed by atoms with van der Waals surface area (Å²) in [6.07, 6.45) is 0. The molecule has 0 N–H and O–H groups in total. The van der Waals surface area contributed by atoms with Gasteiger partial charge in [-0.2, -0.15) is 0 Å². The molecule has 212 valence electrons. The normalized spacial score (nSPS) is 13.7. The number of nitrogens with zero attached hydrogens (tertiary/aromatic N) is 3. The fourth-order valence-electron chi connectivity index (χ4n) is 7.70. The van der Waals surface area contributed by atoms with E-state index in [4.69, 9.17) is 14.4 Å². The summed E-state index contributed by atoms with van der Waals surface area (Å²) in [5, 5.41) is 6.98. The van der Waals surface area contributed by atoms with Gasteiger partial charge < -0.3 is 4.42 Å². The molecule has 1 aliphatic rings. The van der Waals surface area contributed by atoms with E-state index in [0.717, 1.165) is 61.1 Å². The third-order valence-electron chi connectivity index (χ3n) is 9.78. The molecule has 0 radical (unpaired) electrons. The molecule has 0 amide bonds. The topological polar surface area (TPSA) is 43.9 Å². The van der Waals surface area contributed by atoms with Crippen LogP contribution >= 0.6 is 0 Å². The molecule has 4 nitrogen and oxygen atoms in total. The number of benzene rings is 6. The Labute approximate surface area is 259 Å². The van der Waals surface area contributed by atoms with Gasteiger partial charge in [0.2, 0.25) is 5.95 Å². The minimum atomic E-state index is -0.301. The molecule has 6 aromatic carbocycles. The molecule has 45 heavy (non-hydrogen) atoms. The van der Waals surface area contributed by atoms with Gasteiger partial charge in [0, 0.05) is 43.7 Å². The van der Waals surface area contributed by atoms with E-state index < -0.39 is 0 Å². The maximum atomic E-state index is 6.60. The predicted octanol–water partition coefficient (Wildman–Crippen LogP) is 10.6. The van der Waals surface area contributed by atoms with Crippen molar-refractivity contribution in [1.82, 2.24) is 14.5 Å². The molecule has 0 bridgehead atoms. The van der Waals surface area contributed by atoms with Gasteiger partial charge in [0.25, 0.3) is 0 Å². The predicted molar refractivity (Wildman–Crippen MR) is 184 cm³/mol. The SMILES string of the molecule is CC1(C)c2ccccc2-c2nc(-n3c4ccccc4c4cc5ccccc5cc43)nc(-c3cccc4c3oc3ccccc34)c21. The number of fused-ring (bicyclic) bond motifs is 10. The van der Waals surface area contributed by atoms with Gasteiger partial charge in [0.05, 0.1) is 22.4 Å². The van der Waals surface area contributed by atoms with Gasteiger partial charge in [-0.05, 0) is 46.7 Å². The second-order valence-electron chi connectivity index (χ2n) is 12.6. The second kappa shape index (κ2) is 8.67. The summed E-state index contributed by atoms with van der Waals surface area (Å²) in [6.45, 7) is 4.57. The van der Waals surface area contributed by atoms with E-state index >= 15 is 0 Å². The molecule has 0 aliphatic heterocycles. The maximum absolute atomic E-state index is 6.60. The first-order chi connectivity index (χ1) is 22.1. The van der Waals surface area contributed by atoms with E-state index in [2.05, 4.69) is 134 Å². The fourth-order valence-corrected chi connectivity index (χ4v) is 7.70. The highest BCUT2D eigenvalue weighted by Gasteiger charge is 2.40. The highest BCUT2D eigenvalue weighted by atomic mass is 16.3. The lowest BCUT2D eigenvalue weighted by Crippen LogP contribution is -2.18. The van der Waals surface area contributed by atoms with Crippen LogP contribution in [0.5, 0.6) is 0 Å². The highest BCUT2D eigenvalue weighted by molar-refractivity contribution is 6.14. The van der Waals surface area contributed by atoms with Crippen molar-refractivity contribution in [3.05, 3.63) is 139 Å². The van der Waals surface area contributed by atoms with Gasteiger partial charge in [-0.15, -0.1) is 0 Å². The molecule has 0 saturated carbocycles. The van der Waals surface area contributed by atoms with Gasteiger partial charge in [0.15, 0.2) is 0 Å². The van der Waals surface area contributed by atoms with Gasteiger partial charge in [0.1, 0.15) is 11.2 Å². The number of hydrogen-bond donors (Lipinski definition) is 0. The Hall–Kier alpha value is -5.74. The number of rotatable bonds is 2. The lowest BCUT2D eigenvalue weighted by atomic mass is 9.80. The highest BCUT2D eigenvalue weighted by Crippen LogP contribution is 2.52. The van der Waals surface area contributed by atoms with Crippen LogP contribution in [0.1, 0.15) is 25.0 Å². The molecule has 9 aromatic rings. The average Bonchev–Trinajstić information content (AvgIpc) is 3.69. The van der Waals surface area contributed by atoms with Crippen LogP contribution in [-0.2, 0) is 5.41 Å². The van der Waals surface area contributed by atoms with Crippen molar-refractivity contribution in [2.24, 2.45) is 0 Å². The van der Waals surface area contributed by atoms with Crippen molar-refractivity contribution in [1.29, 1.82) is 0 Å². The van der Waals surface area contributed by atoms with E-state index in [1.165, 1.54) is 27.1 Å². The third-order valence-corrected chi connectivity index (χ3v) is 9.78. The zero-order valence-corrected chi connectivity index (χ0v) is 24.9. The summed E-state index contributed by atoms with van der Waals surface area (Å²) in [7, 11) is 0. The Morgan fingerprint density at radius 1 is 0.556 bits per heavy atom. The molecular weight excluding hydrogens is 550 g/mol. The molecule has 4 heteroatoms. The zero-order chi connectivity index (χ0) is 29.9. The lowest BCUT2D eigenvalue weighted by molar-refractivity contribution is 0.654. The van der Waals surface area contributed by atoms with Crippen molar-refractivity contribution in [2.75, 3.05) is 0 Å². The van der Waals surface area contributed by atoms with E-state index in [1.54, 1.807) is 0 Å². The van der Waals surface area contributed by atoms with Crippen molar-refractivity contribution in [2.45, 2.75) is 19.3 Å². The molecule has 3 aromatic heterocycles. The van der Waals surface area contributed by atoms with Crippen molar-refractivity contribution < 1.29 is 4.42 Å². The molecule has 0 atom stereocenters. The minimum Gasteiger partial charge on any atom is -0.455 e. The van der Waals surface area contributed by atoms with Crippen LogP contribution in [0.4, 0.5) is 0 Å². The maximum Gasteiger partial charge on any atom is 0.235 e. The van der Waals surface area contributed by atoms with Gasteiger partial charge in [-0.3, -0.25) is 4.57 Å². The molecule has 3 heterocycles. The van der Waals surface area contributed by atoms with E-state index in [9.17, 15) is 0 Å². The Kier molecular flexibility index (Phi) is 4.76. The molecular formula is C41H27N3O. The van der Waals surface area contributed by atoms with E-state index in [1.807, 2.05) is 12.1 Å². The third kappa shape index (κ3) is 3.26. The standard InChI is InChI=1S/C41H27N3O/c1-41(2)32-19-8-5-16-29(32)37-36(41)38(30-18-11-17-28-27-15-7-10-21-35(27)45-39(28)30)43-40(42-37)44-33-20-9-6-14-26(33)31-22-24-12-3-4-13-25(24)23-34(31)44/h3-23H,1-2H3. The average molecular weight is 578 g/mol. The molecule has 1 aliphatic carbocycles. The van der Waals surface area contributed by atoms with Crippen LogP contribution in [0.25, 0.3) is 83.0 Å².